The molecule has 0 aliphatic heterocycles. The Morgan fingerprint density at radius 3 is 2.65 bits per heavy atom. The minimum absolute atomic E-state index is 0.257. The normalized spacial score (nSPS) is 10.0. The molecule has 2 aromatic rings. The van der Waals surface area contributed by atoms with Crippen LogP contribution in [-0.2, 0) is 0 Å². The Balaban J connectivity index is 2.63. The van der Waals surface area contributed by atoms with Gasteiger partial charge in [0, 0.05) is 5.56 Å². The fourth-order valence-corrected chi connectivity index (χ4v) is 1.61. The molecule has 5 heteroatoms. The van der Waals surface area contributed by atoms with E-state index in [-0.39, 0.29) is 5.56 Å². The molecule has 0 atom stereocenters. The molecule has 1 aromatic carbocycles. The molecule has 0 amide bonds. The first kappa shape index (κ1) is 11.2. The molecule has 0 aliphatic carbocycles. The molecule has 0 bridgehead atoms. The number of para-hydroxylation sites is 1. The topological polar surface area (TPSA) is 64.2 Å². The van der Waals surface area contributed by atoms with E-state index in [2.05, 4.69) is 9.97 Å². The summed E-state index contributed by atoms with van der Waals surface area (Å²) in [5, 5.41) is 0. The third kappa shape index (κ3) is 2.13. The summed E-state index contributed by atoms with van der Waals surface area (Å²) in [6, 6.07) is 5.44. The lowest BCUT2D eigenvalue weighted by atomic mass is 10.1. The van der Waals surface area contributed by atoms with Crippen molar-refractivity contribution in [3.8, 4) is 22.8 Å². The Morgan fingerprint density at radius 1 is 1.18 bits per heavy atom. The molecule has 0 radical (unpaired) electrons. The third-order valence-electron chi connectivity index (χ3n) is 2.35. The first-order valence-corrected chi connectivity index (χ1v) is 5.02. The fraction of sp³-hybridized carbons (Fsp3) is 0.167. The maximum atomic E-state index is 11.2. The largest absolute Gasteiger partial charge is 0.493 e. The standard InChI is InChI=1S/C12H12N2O3/c1-16-10-5-3-4-8(12(10)17-2)9-6-13-7-11(15)14-9/h3-7H,1-2H3,(H,14,15). The van der Waals surface area contributed by atoms with Crippen molar-refractivity contribution in [1.29, 1.82) is 0 Å². The monoisotopic (exact) mass is 232 g/mol. The van der Waals surface area contributed by atoms with Gasteiger partial charge in [0.25, 0.3) is 5.56 Å². The average molecular weight is 232 g/mol. The number of aromatic nitrogens is 2. The van der Waals surface area contributed by atoms with Crippen molar-refractivity contribution >= 4 is 0 Å². The summed E-state index contributed by atoms with van der Waals surface area (Å²) in [5.74, 6) is 1.17. The van der Waals surface area contributed by atoms with E-state index >= 15 is 0 Å². The highest BCUT2D eigenvalue weighted by Crippen LogP contribution is 2.36. The Labute approximate surface area is 98.0 Å². The summed E-state index contributed by atoms with van der Waals surface area (Å²) in [6.45, 7) is 0. The molecule has 17 heavy (non-hydrogen) atoms. The van der Waals surface area contributed by atoms with E-state index in [9.17, 15) is 4.79 Å². The number of methoxy groups -OCH3 is 2. The van der Waals surface area contributed by atoms with Crippen molar-refractivity contribution in [1.82, 2.24) is 9.97 Å². The van der Waals surface area contributed by atoms with Crippen molar-refractivity contribution in [2.45, 2.75) is 0 Å². The first-order valence-electron chi connectivity index (χ1n) is 5.02. The molecular weight excluding hydrogens is 220 g/mol. The summed E-state index contributed by atoms with van der Waals surface area (Å²) in [5.41, 5.74) is 1.07. The molecule has 0 saturated heterocycles. The maximum absolute atomic E-state index is 11.2. The lowest BCUT2D eigenvalue weighted by Gasteiger charge is -2.11. The molecular formula is C12H12N2O3. The number of hydrogen-bond donors (Lipinski definition) is 1. The predicted molar refractivity (Wildman–Crippen MR) is 63.4 cm³/mol. The van der Waals surface area contributed by atoms with Gasteiger partial charge >= 0.3 is 0 Å². The van der Waals surface area contributed by atoms with Crippen LogP contribution in [0.4, 0.5) is 0 Å². The Kier molecular flexibility index (Phi) is 3.09. The van der Waals surface area contributed by atoms with Crippen molar-refractivity contribution in [2.75, 3.05) is 14.2 Å². The predicted octanol–water partition coefficient (Wildman–Crippen LogP) is 1.45. The Bertz CT molecular complexity index is 578. The smallest absolute Gasteiger partial charge is 0.266 e. The number of ether oxygens (including phenoxy) is 2. The molecule has 0 spiro atoms. The van der Waals surface area contributed by atoms with Gasteiger partial charge in [-0.25, -0.2) is 0 Å². The van der Waals surface area contributed by atoms with Gasteiger partial charge in [-0.2, -0.15) is 0 Å². The number of rotatable bonds is 3. The Hall–Kier alpha value is -2.30. The number of nitrogens with zero attached hydrogens (tertiary/aromatic N) is 1. The molecule has 0 fully saturated rings. The van der Waals surface area contributed by atoms with Crippen molar-refractivity contribution in [3.63, 3.8) is 0 Å². The van der Waals surface area contributed by atoms with E-state index < -0.39 is 0 Å². The van der Waals surface area contributed by atoms with E-state index in [1.165, 1.54) is 6.20 Å². The summed E-state index contributed by atoms with van der Waals surface area (Å²) >= 11 is 0. The second kappa shape index (κ2) is 4.69. The van der Waals surface area contributed by atoms with E-state index in [1.807, 2.05) is 12.1 Å². The number of benzene rings is 1. The highest BCUT2D eigenvalue weighted by Gasteiger charge is 2.11. The van der Waals surface area contributed by atoms with Crippen LogP contribution in [0.15, 0.2) is 35.4 Å². The van der Waals surface area contributed by atoms with Gasteiger partial charge in [0.15, 0.2) is 11.5 Å². The minimum atomic E-state index is -0.257. The molecule has 0 saturated carbocycles. The van der Waals surface area contributed by atoms with Gasteiger partial charge < -0.3 is 14.5 Å². The van der Waals surface area contributed by atoms with E-state index in [0.717, 1.165) is 5.56 Å². The zero-order valence-corrected chi connectivity index (χ0v) is 9.56. The van der Waals surface area contributed by atoms with Crippen LogP contribution in [0.2, 0.25) is 0 Å². The SMILES string of the molecule is COc1cccc(-c2cncc(=O)[nH]2)c1OC. The Morgan fingerprint density at radius 2 is 2.00 bits per heavy atom. The van der Waals surface area contributed by atoms with Crippen molar-refractivity contribution in [2.24, 2.45) is 0 Å². The molecule has 2 rings (SSSR count). The fourth-order valence-electron chi connectivity index (χ4n) is 1.61. The van der Waals surface area contributed by atoms with Crippen LogP contribution in [0.1, 0.15) is 0 Å². The van der Waals surface area contributed by atoms with Crippen LogP contribution in [0, 0.1) is 0 Å². The molecule has 0 unspecified atom stereocenters. The van der Waals surface area contributed by atoms with Gasteiger partial charge in [0.1, 0.15) is 0 Å². The zero-order chi connectivity index (χ0) is 12.3. The van der Waals surface area contributed by atoms with Gasteiger partial charge in [0.2, 0.25) is 0 Å². The van der Waals surface area contributed by atoms with Crippen LogP contribution in [0.5, 0.6) is 11.5 Å². The minimum Gasteiger partial charge on any atom is -0.493 e. The van der Waals surface area contributed by atoms with Crippen LogP contribution < -0.4 is 15.0 Å². The van der Waals surface area contributed by atoms with Crippen LogP contribution in [-0.4, -0.2) is 24.2 Å². The van der Waals surface area contributed by atoms with E-state index in [1.54, 1.807) is 26.5 Å². The molecule has 1 N–H and O–H groups in total. The second-order valence-corrected chi connectivity index (χ2v) is 3.35. The maximum Gasteiger partial charge on any atom is 0.266 e. The van der Waals surface area contributed by atoms with Crippen LogP contribution in [0.3, 0.4) is 0 Å². The summed E-state index contributed by atoms with van der Waals surface area (Å²) in [7, 11) is 3.11. The first-order chi connectivity index (χ1) is 8.26. The van der Waals surface area contributed by atoms with Gasteiger partial charge in [-0.15, -0.1) is 0 Å². The summed E-state index contributed by atoms with van der Waals surface area (Å²) in [4.78, 5) is 17.8. The van der Waals surface area contributed by atoms with E-state index in [0.29, 0.717) is 17.2 Å². The molecule has 88 valence electrons. The zero-order valence-electron chi connectivity index (χ0n) is 9.56. The second-order valence-electron chi connectivity index (χ2n) is 3.35. The lowest BCUT2D eigenvalue weighted by Crippen LogP contribution is -2.06. The highest BCUT2D eigenvalue weighted by molar-refractivity contribution is 5.70. The number of nitrogens with one attached hydrogen (secondary N) is 1. The molecule has 1 heterocycles. The van der Waals surface area contributed by atoms with Crippen LogP contribution >= 0.6 is 0 Å². The quantitative estimate of drug-likeness (QED) is 0.870. The summed E-state index contributed by atoms with van der Waals surface area (Å²) in [6.07, 6.45) is 2.79. The van der Waals surface area contributed by atoms with Crippen molar-refractivity contribution < 1.29 is 9.47 Å². The van der Waals surface area contributed by atoms with Crippen LogP contribution in [0.25, 0.3) is 11.3 Å². The number of aromatic amines is 1. The number of hydrogen-bond acceptors (Lipinski definition) is 4. The third-order valence-corrected chi connectivity index (χ3v) is 2.35. The lowest BCUT2D eigenvalue weighted by molar-refractivity contribution is 0.356. The van der Waals surface area contributed by atoms with Gasteiger partial charge in [0.05, 0.1) is 32.3 Å². The van der Waals surface area contributed by atoms with E-state index in [4.69, 9.17) is 9.47 Å². The molecule has 0 aliphatic rings. The highest BCUT2D eigenvalue weighted by atomic mass is 16.5. The average Bonchev–Trinajstić information content (AvgIpc) is 2.37. The van der Waals surface area contributed by atoms with Gasteiger partial charge in [-0.05, 0) is 12.1 Å². The van der Waals surface area contributed by atoms with Crippen molar-refractivity contribution in [3.05, 3.63) is 40.9 Å². The van der Waals surface area contributed by atoms with Gasteiger partial charge in [-0.1, -0.05) is 6.07 Å². The summed E-state index contributed by atoms with van der Waals surface area (Å²) < 4.78 is 10.5. The molecule has 1 aromatic heterocycles. The van der Waals surface area contributed by atoms with Gasteiger partial charge in [-0.3, -0.25) is 9.78 Å². The molecule has 5 nitrogen and oxygen atoms in total. The number of H-pyrrole nitrogens is 1.